The first-order valence-corrected chi connectivity index (χ1v) is 6.83. The highest BCUT2D eigenvalue weighted by atomic mass is 16.5. The molecule has 4 heteroatoms. The molecule has 2 rings (SSSR count). The van der Waals surface area contributed by atoms with Gasteiger partial charge in [-0.3, -0.25) is 4.90 Å². The van der Waals surface area contributed by atoms with Crippen LogP contribution in [0.15, 0.2) is 0 Å². The van der Waals surface area contributed by atoms with Gasteiger partial charge in [-0.1, -0.05) is 0 Å². The summed E-state index contributed by atoms with van der Waals surface area (Å²) in [4.78, 5) is 2.49. The average Bonchev–Trinajstić information content (AvgIpc) is 2.73. The maximum Gasteiger partial charge on any atom is 0.0703 e. The Hall–Kier alpha value is -0.160. The second kappa shape index (κ2) is 5.65. The van der Waals surface area contributed by atoms with E-state index in [1.165, 1.54) is 12.8 Å². The number of rotatable bonds is 3. The predicted octanol–water partition coefficient (Wildman–Crippen LogP) is 0.600. The molecule has 0 aromatic heterocycles. The van der Waals surface area contributed by atoms with E-state index in [9.17, 15) is 5.11 Å². The van der Waals surface area contributed by atoms with E-state index in [0.717, 1.165) is 32.7 Å². The van der Waals surface area contributed by atoms with E-state index in [0.29, 0.717) is 6.10 Å². The highest BCUT2D eigenvalue weighted by Gasteiger charge is 2.33. The van der Waals surface area contributed by atoms with Crippen molar-refractivity contribution in [3.8, 4) is 0 Å². The summed E-state index contributed by atoms with van der Waals surface area (Å²) in [6.07, 6.45) is 3.90. The maximum atomic E-state index is 9.34. The third-order valence-electron chi connectivity index (χ3n) is 4.14. The summed E-state index contributed by atoms with van der Waals surface area (Å²) in [5.74, 6) is 0. The summed E-state index contributed by atoms with van der Waals surface area (Å²) in [7, 11) is 0. The minimum absolute atomic E-state index is 0.197. The number of hydrogen-bond acceptors (Lipinski definition) is 4. The highest BCUT2D eigenvalue weighted by Crippen LogP contribution is 2.24. The van der Waals surface area contributed by atoms with Crippen molar-refractivity contribution >= 4 is 0 Å². The zero-order chi connectivity index (χ0) is 12.3. The molecule has 2 atom stereocenters. The number of hydrogen-bond donors (Lipinski definition) is 2. The van der Waals surface area contributed by atoms with Crippen LogP contribution in [0.4, 0.5) is 0 Å². The quantitative estimate of drug-likeness (QED) is 0.761. The minimum Gasteiger partial charge on any atom is -0.395 e. The standard InChI is InChI=1S/C13H26N2O2/c1-13(2)5-6-14-11(10-16)8-15(13)9-12-4-3-7-17-12/h11-12,14,16H,3-10H2,1-2H3. The van der Waals surface area contributed by atoms with Gasteiger partial charge in [-0.2, -0.15) is 0 Å². The van der Waals surface area contributed by atoms with E-state index in [-0.39, 0.29) is 18.2 Å². The third-order valence-corrected chi connectivity index (χ3v) is 4.14. The van der Waals surface area contributed by atoms with Crippen molar-refractivity contribution in [1.29, 1.82) is 0 Å². The van der Waals surface area contributed by atoms with Gasteiger partial charge in [0.1, 0.15) is 0 Å². The number of nitrogens with one attached hydrogen (secondary N) is 1. The molecule has 2 aliphatic rings. The van der Waals surface area contributed by atoms with Crippen molar-refractivity contribution in [2.45, 2.75) is 50.8 Å². The zero-order valence-electron chi connectivity index (χ0n) is 11.1. The minimum atomic E-state index is 0.197. The number of aliphatic hydroxyl groups is 1. The molecule has 2 fully saturated rings. The van der Waals surface area contributed by atoms with Gasteiger partial charge >= 0.3 is 0 Å². The molecule has 2 heterocycles. The molecule has 0 spiro atoms. The van der Waals surface area contributed by atoms with Crippen LogP contribution < -0.4 is 5.32 Å². The Labute approximate surface area is 104 Å². The monoisotopic (exact) mass is 242 g/mol. The molecule has 2 unspecified atom stereocenters. The van der Waals surface area contributed by atoms with E-state index in [2.05, 4.69) is 24.1 Å². The van der Waals surface area contributed by atoms with Crippen molar-refractivity contribution in [3.63, 3.8) is 0 Å². The second-order valence-electron chi connectivity index (χ2n) is 5.94. The second-order valence-corrected chi connectivity index (χ2v) is 5.94. The Morgan fingerprint density at radius 3 is 2.94 bits per heavy atom. The van der Waals surface area contributed by atoms with Crippen LogP contribution in [-0.2, 0) is 4.74 Å². The molecule has 0 bridgehead atoms. The first-order chi connectivity index (χ1) is 8.12. The molecule has 0 aromatic rings. The normalized spacial score (nSPS) is 34.8. The zero-order valence-corrected chi connectivity index (χ0v) is 11.1. The topological polar surface area (TPSA) is 44.7 Å². The predicted molar refractivity (Wildman–Crippen MR) is 68.1 cm³/mol. The smallest absolute Gasteiger partial charge is 0.0703 e. The van der Waals surface area contributed by atoms with Crippen LogP contribution in [0.25, 0.3) is 0 Å². The van der Waals surface area contributed by atoms with Crippen LogP contribution in [0.2, 0.25) is 0 Å². The van der Waals surface area contributed by atoms with Gasteiger partial charge in [0.25, 0.3) is 0 Å². The lowest BCUT2D eigenvalue weighted by Crippen LogP contribution is -2.50. The number of aliphatic hydroxyl groups excluding tert-OH is 1. The lowest BCUT2D eigenvalue weighted by Gasteiger charge is -2.39. The van der Waals surface area contributed by atoms with Gasteiger partial charge in [-0.05, 0) is 39.7 Å². The van der Waals surface area contributed by atoms with Gasteiger partial charge in [-0.15, -0.1) is 0 Å². The Morgan fingerprint density at radius 2 is 2.29 bits per heavy atom. The molecule has 0 radical (unpaired) electrons. The van der Waals surface area contributed by atoms with Crippen LogP contribution in [0.5, 0.6) is 0 Å². The van der Waals surface area contributed by atoms with Crippen molar-refractivity contribution < 1.29 is 9.84 Å². The van der Waals surface area contributed by atoms with Gasteiger partial charge in [0.15, 0.2) is 0 Å². The summed E-state index contributed by atoms with van der Waals surface area (Å²) in [6, 6.07) is 0.207. The van der Waals surface area contributed by atoms with E-state index >= 15 is 0 Å². The van der Waals surface area contributed by atoms with E-state index in [4.69, 9.17) is 4.74 Å². The van der Waals surface area contributed by atoms with Gasteiger partial charge in [0.2, 0.25) is 0 Å². The first-order valence-electron chi connectivity index (χ1n) is 6.83. The Morgan fingerprint density at radius 1 is 1.47 bits per heavy atom. The van der Waals surface area contributed by atoms with Gasteiger partial charge in [0, 0.05) is 31.3 Å². The van der Waals surface area contributed by atoms with Crippen LogP contribution in [0.1, 0.15) is 33.1 Å². The summed E-state index contributed by atoms with van der Waals surface area (Å²) in [5, 5.41) is 12.8. The van der Waals surface area contributed by atoms with Crippen molar-refractivity contribution in [1.82, 2.24) is 10.2 Å². The van der Waals surface area contributed by atoms with E-state index in [1.54, 1.807) is 0 Å². The molecule has 2 N–H and O–H groups in total. The number of ether oxygens (including phenoxy) is 1. The molecular weight excluding hydrogens is 216 g/mol. The summed E-state index contributed by atoms with van der Waals surface area (Å²) < 4.78 is 5.73. The lowest BCUT2D eigenvalue weighted by molar-refractivity contribution is 0.0285. The van der Waals surface area contributed by atoms with Gasteiger partial charge < -0.3 is 15.2 Å². The molecule has 100 valence electrons. The Kier molecular flexibility index (Phi) is 4.42. The first kappa shape index (κ1) is 13.3. The molecule has 0 amide bonds. The molecule has 0 saturated carbocycles. The van der Waals surface area contributed by atoms with Gasteiger partial charge in [-0.25, -0.2) is 0 Å². The SMILES string of the molecule is CC1(C)CCNC(CO)CN1CC1CCCO1. The molecular formula is C13H26N2O2. The maximum absolute atomic E-state index is 9.34. The van der Waals surface area contributed by atoms with E-state index < -0.39 is 0 Å². The highest BCUT2D eigenvalue weighted by molar-refractivity contribution is 4.90. The Balaban J connectivity index is 1.97. The fourth-order valence-electron chi connectivity index (χ4n) is 2.80. The molecule has 17 heavy (non-hydrogen) atoms. The summed E-state index contributed by atoms with van der Waals surface area (Å²) in [5.41, 5.74) is 0.197. The molecule has 2 saturated heterocycles. The lowest BCUT2D eigenvalue weighted by atomic mass is 9.97. The molecule has 2 aliphatic heterocycles. The Bertz CT molecular complexity index is 240. The fraction of sp³-hybridized carbons (Fsp3) is 1.00. The van der Waals surface area contributed by atoms with Crippen LogP contribution in [0, 0.1) is 0 Å². The van der Waals surface area contributed by atoms with Crippen molar-refractivity contribution in [2.75, 3.05) is 32.8 Å². The number of nitrogens with zero attached hydrogens (tertiary/aromatic N) is 1. The van der Waals surface area contributed by atoms with Crippen LogP contribution in [-0.4, -0.2) is 60.5 Å². The largest absolute Gasteiger partial charge is 0.395 e. The van der Waals surface area contributed by atoms with Gasteiger partial charge in [0.05, 0.1) is 12.7 Å². The average molecular weight is 242 g/mol. The molecule has 4 nitrogen and oxygen atoms in total. The molecule has 0 aromatic carbocycles. The van der Waals surface area contributed by atoms with Crippen molar-refractivity contribution in [3.05, 3.63) is 0 Å². The third kappa shape index (κ3) is 3.41. The fourth-order valence-corrected chi connectivity index (χ4v) is 2.80. The van der Waals surface area contributed by atoms with Crippen LogP contribution in [0.3, 0.4) is 0 Å². The summed E-state index contributed by atoms with van der Waals surface area (Å²) >= 11 is 0. The van der Waals surface area contributed by atoms with E-state index in [1.807, 2.05) is 0 Å². The molecule has 0 aliphatic carbocycles. The van der Waals surface area contributed by atoms with Crippen LogP contribution >= 0.6 is 0 Å². The summed E-state index contributed by atoms with van der Waals surface area (Å²) in [6.45, 7) is 8.64. The van der Waals surface area contributed by atoms with Crippen molar-refractivity contribution in [2.24, 2.45) is 0 Å².